The molecule has 1 aliphatic heterocycles. The van der Waals surface area contributed by atoms with Crippen LogP contribution in [0.15, 0.2) is 6.07 Å². The topological polar surface area (TPSA) is 60.2 Å². The van der Waals surface area contributed by atoms with Gasteiger partial charge in [0.1, 0.15) is 0 Å². The third kappa shape index (κ3) is 2.47. The van der Waals surface area contributed by atoms with E-state index in [0.29, 0.717) is 24.6 Å². The van der Waals surface area contributed by atoms with Crippen molar-refractivity contribution in [1.82, 2.24) is 0 Å². The molecule has 5 heteroatoms. The van der Waals surface area contributed by atoms with Crippen molar-refractivity contribution in [1.29, 1.82) is 0 Å². The van der Waals surface area contributed by atoms with E-state index in [1.54, 1.807) is 11.3 Å². The van der Waals surface area contributed by atoms with Gasteiger partial charge < -0.3 is 5.73 Å². The molecule has 0 fully saturated rings. The molecule has 90 valence electrons. The van der Waals surface area contributed by atoms with Crippen LogP contribution in [-0.2, 0) is 22.0 Å². The number of hydrogen-bond acceptors (Lipinski definition) is 4. The van der Waals surface area contributed by atoms with E-state index >= 15 is 0 Å². The van der Waals surface area contributed by atoms with E-state index in [4.69, 9.17) is 5.73 Å². The fraction of sp³-hybridized carbons (Fsp3) is 0.636. The first-order chi connectivity index (χ1) is 7.52. The second kappa shape index (κ2) is 4.47. The average Bonchev–Trinajstić information content (AvgIpc) is 2.59. The highest BCUT2D eigenvalue weighted by Gasteiger charge is 2.24. The molecule has 0 aromatic carbocycles. The fourth-order valence-electron chi connectivity index (χ4n) is 2.02. The molecule has 0 saturated carbocycles. The molecule has 1 atom stereocenters. The number of fused-ring (bicyclic) bond motifs is 1. The number of nitrogens with two attached hydrogens (primary N) is 1. The number of rotatable bonds is 3. The maximum atomic E-state index is 11.5. The Labute approximate surface area is 101 Å². The monoisotopic (exact) mass is 259 g/mol. The van der Waals surface area contributed by atoms with Gasteiger partial charge in [-0.1, -0.05) is 6.92 Å². The molecule has 0 aliphatic carbocycles. The summed E-state index contributed by atoms with van der Waals surface area (Å²) < 4.78 is 23.0. The number of hydrogen-bond donors (Lipinski definition) is 1. The van der Waals surface area contributed by atoms with E-state index in [9.17, 15) is 8.42 Å². The molecular weight excluding hydrogens is 242 g/mol. The molecule has 1 aromatic rings. The molecular formula is C11H17NO2S2. The number of sulfone groups is 1. The van der Waals surface area contributed by atoms with Crippen LogP contribution in [0, 0.1) is 0 Å². The highest BCUT2D eigenvalue weighted by atomic mass is 32.2. The summed E-state index contributed by atoms with van der Waals surface area (Å²) in [5.41, 5.74) is 6.56. The summed E-state index contributed by atoms with van der Waals surface area (Å²) in [6, 6.07) is 2.07. The van der Waals surface area contributed by atoms with Gasteiger partial charge >= 0.3 is 0 Å². The van der Waals surface area contributed by atoms with E-state index < -0.39 is 9.84 Å². The Morgan fingerprint density at radius 1 is 1.56 bits per heavy atom. The second-order valence-electron chi connectivity index (χ2n) is 4.42. The van der Waals surface area contributed by atoms with Gasteiger partial charge in [0.2, 0.25) is 0 Å². The zero-order valence-corrected chi connectivity index (χ0v) is 11.0. The maximum Gasteiger partial charge on any atom is 0.154 e. The Hall–Kier alpha value is -0.390. The summed E-state index contributed by atoms with van der Waals surface area (Å²) in [6.45, 7) is 2.83. The minimum Gasteiger partial charge on any atom is -0.330 e. The zero-order valence-electron chi connectivity index (χ0n) is 9.40. The largest absolute Gasteiger partial charge is 0.330 e. The Morgan fingerprint density at radius 2 is 2.31 bits per heavy atom. The van der Waals surface area contributed by atoms with Crippen LogP contribution in [0.5, 0.6) is 0 Å². The lowest BCUT2D eigenvalue weighted by molar-refractivity contribution is 0.592. The quantitative estimate of drug-likeness (QED) is 0.898. The molecule has 2 heterocycles. The Balaban J connectivity index is 2.25. The molecule has 2 rings (SSSR count). The Kier molecular flexibility index (Phi) is 3.37. The summed E-state index contributed by atoms with van der Waals surface area (Å²) in [7, 11) is -2.84. The molecule has 0 saturated heterocycles. The molecule has 1 aromatic heterocycles. The SMILES string of the molecule is CC(CCN)c1cc2c(s1)CCS(=O)(=O)C2. The van der Waals surface area contributed by atoms with Crippen molar-refractivity contribution in [2.45, 2.75) is 31.4 Å². The van der Waals surface area contributed by atoms with Crippen LogP contribution in [0.4, 0.5) is 0 Å². The fourth-order valence-corrected chi connectivity index (χ4v) is 4.90. The molecule has 0 spiro atoms. The number of thiophene rings is 1. The minimum atomic E-state index is -2.84. The van der Waals surface area contributed by atoms with Gasteiger partial charge in [0.25, 0.3) is 0 Å². The minimum absolute atomic E-state index is 0.230. The van der Waals surface area contributed by atoms with Crippen LogP contribution in [0.3, 0.4) is 0 Å². The first kappa shape index (κ1) is 12.1. The van der Waals surface area contributed by atoms with Gasteiger partial charge in [-0.2, -0.15) is 0 Å². The van der Waals surface area contributed by atoms with Crippen molar-refractivity contribution in [2.24, 2.45) is 5.73 Å². The molecule has 0 bridgehead atoms. The standard InChI is InChI=1S/C11H17NO2S2/c1-8(2-4-12)11-6-9-7-16(13,14)5-3-10(9)15-11/h6,8H,2-5,7,12H2,1H3. The van der Waals surface area contributed by atoms with Gasteiger partial charge in [-0.05, 0) is 36.9 Å². The van der Waals surface area contributed by atoms with E-state index in [2.05, 4.69) is 13.0 Å². The first-order valence-electron chi connectivity index (χ1n) is 5.54. The van der Waals surface area contributed by atoms with Gasteiger partial charge in [-0.15, -0.1) is 11.3 Å². The summed E-state index contributed by atoms with van der Waals surface area (Å²) in [4.78, 5) is 2.54. The van der Waals surface area contributed by atoms with E-state index in [1.165, 1.54) is 9.75 Å². The van der Waals surface area contributed by atoms with Crippen molar-refractivity contribution in [3.63, 3.8) is 0 Å². The van der Waals surface area contributed by atoms with E-state index in [1.807, 2.05) is 0 Å². The maximum absolute atomic E-state index is 11.5. The molecule has 1 aliphatic rings. The van der Waals surface area contributed by atoms with Crippen LogP contribution in [0.2, 0.25) is 0 Å². The normalized spacial score (nSPS) is 20.4. The summed E-state index contributed by atoms with van der Waals surface area (Å²) >= 11 is 1.76. The smallest absolute Gasteiger partial charge is 0.154 e. The van der Waals surface area contributed by atoms with Crippen LogP contribution in [0.25, 0.3) is 0 Å². The lowest BCUT2D eigenvalue weighted by Crippen LogP contribution is -2.16. The highest BCUT2D eigenvalue weighted by Crippen LogP contribution is 2.34. The zero-order chi connectivity index (χ0) is 11.8. The third-order valence-electron chi connectivity index (χ3n) is 3.02. The predicted molar refractivity (Wildman–Crippen MR) is 67.6 cm³/mol. The van der Waals surface area contributed by atoms with E-state index in [0.717, 1.165) is 12.0 Å². The molecule has 0 radical (unpaired) electrons. The number of aryl methyl sites for hydroxylation is 1. The average molecular weight is 259 g/mol. The van der Waals surface area contributed by atoms with Gasteiger partial charge in [0, 0.05) is 9.75 Å². The molecule has 2 N–H and O–H groups in total. The van der Waals surface area contributed by atoms with E-state index in [-0.39, 0.29) is 5.75 Å². The van der Waals surface area contributed by atoms with Crippen LogP contribution >= 0.6 is 11.3 Å². The van der Waals surface area contributed by atoms with Gasteiger partial charge in [-0.25, -0.2) is 8.42 Å². The van der Waals surface area contributed by atoms with Gasteiger partial charge in [-0.3, -0.25) is 0 Å². The van der Waals surface area contributed by atoms with Crippen molar-refractivity contribution >= 4 is 21.2 Å². The van der Waals surface area contributed by atoms with Crippen molar-refractivity contribution in [3.05, 3.63) is 21.4 Å². The van der Waals surface area contributed by atoms with Crippen molar-refractivity contribution in [2.75, 3.05) is 12.3 Å². The lowest BCUT2D eigenvalue weighted by Gasteiger charge is -2.10. The molecule has 16 heavy (non-hydrogen) atoms. The summed E-state index contributed by atoms with van der Waals surface area (Å²) in [5, 5.41) is 0. The predicted octanol–water partition coefficient (Wildman–Crippen LogP) is 1.67. The third-order valence-corrected chi connectivity index (χ3v) is 6.06. The van der Waals surface area contributed by atoms with Gasteiger partial charge in [0.05, 0.1) is 11.5 Å². The van der Waals surface area contributed by atoms with Crippen LogP contribution in [0.1, 0.15) is 34.6 Å². The van der Waals surface area contributed by atoms with Crippen LogP contribution < -0.4 is 5.73 Å². The molecule has 0 amide bonds. The molecule has 3 nitrogen and oxygen atoms in total. The first-order valence-corrected chi connectivity index (χ1v) is 8.17. The molecule has 1 unspecified atom stereocenters. The Bertz CT molecular complexity index is 476. The van der Waals surface area contributed by atoms with Gasteiger partial charge in [0.15, 0.2) is 9.84 Å². The summed E-state index contributed by atoms with van der Waals surface area (Å²) in [5.74, 6) is 0.989. The highest BCUT2D eigenvalue weighted by molar-refractivity contribution is 7.90. The lowest BCUT2D eigenvalue weighted by atomic mass is 10.1. The second-order valence-corrected chi connectivity index (χ2v) is 7.77. The van der Waals surface area contributed by atoms with Crippen LogP contribution in [-0.4, -0.2) is 20.7 Å². The van der Waals surface area contributed by atoms with Crippen molar-refractivity contribution < 1.29 is 8.42 Å². The Morgan fingerprint density at radius 3 is 3.00 bits per heavy atom. The summed E-state index contributed by atoms with van der Waals surface area (Å²) in [6.07, 6.45) is 1.66. The van der Waals surface area contributed by atoms with Crippen molar-refractivity contribution in [3.8, 4) is 0 Å².